The molecule has 0 atom stereocenters. The van der Waals surface area contributed by atoms with Gasteiger partial charge in [0.25, 0.3) is 5.91 Å². The lowest BCUT2D eigenvalue weighted by Crippen LogP contribution is -2.47. The molecule has 18 heavy (non-hydrogen) atoms. The predicted molar refractivity (Wildman–Crippen MR) is 71.1 cm³/mol. The molecule has 5 heteroatoms. The van der Waals surface area contributed by atoms with Crippen molar-refractivity contribution in [3.63, 3.8) is 0 Å². The van der Waals surface area contributed by atoms with E-state index in [4.69, 9.17) is 16.3 Å². The fraction of sp³-hybridized carbons (Fsp3) is 0.462. The molecule has 0 bridgehead atoms. The Morgan fingerprint density at radius 3 is 2.89 bits per heavy atom. The first-order valence-corrected chi connectivity index (χ1v) is 6.42. The van der Waals surface area contributed by atoms with Crippen LogP contribution in [0.1, 0.15) is 5.56 Å². The largest absolute Gasteiger partial charge is 0.483 e. The van der Waals surface area contributed by atoms with Gasteiger partial charge in [-0.25, -0.2) is 0 Å². The second-order valence-corrected chi connectivity index (χ2v) is 4.77. The Balaban J connectivity index is 1.90. The molecule has 1 aromatic rings. The Morgan fingerprint density at radius 1 is 1.44 bits per heavy atom. The molecule has 0 aromatic heterocycles. The molecule has 0 radical (unpaired) electrons. The number of rotatable bonds is 3. The minimum absolute atomic E-state index is 0.0240. The maximum atomic E-state index is 11.9. The molecule has 1 aliphatic heterocycles. The average Bonchev–Trinajstić information content (AvgIpc) is 2.40. The summed E-state index contributed by atoms with van der Waals surface area (Å²) in [5.41, 5.74) is 0.979. The van der Waals surface area contributed by atoms with Gasteiger partial charge in [0.2, 0.25) is 0 Å². The molecule has 0 spiro atoms. The maximum Gasteiger partial charge on any atom is 0.260 e. The van der Waals surface area contributed by atoms with Gasteiger partial charge in [0.05, 0.1) is 0 Å². The van der Waals surface area contributed by atoms with Gasteiger partial charge in [-0.2, -0.15) is 0 Å². The zero-order valence-electron chi connectivity index (χ0n) is 10.4. The normalized spacial score (nSPS) is 15.6. The molecule has 1 aliphatic rings. The number of nitrogens with one attached hydrogen (secondary N) is 1. The first-order valence-electron chi connectivity index (χ1n) is 6.04. The van der Waals surface area contributed by atoms with E-state index in [1.807, 2.05) is 24.0 Å². The number of ether oxygens (including phenoxy) is 1. The molecule has 1 aromatic carbocycles. The smallest absolute Gasteiger partial charge is 0.260 e. The SMILES string of the molecule is Cc1ccc(Cl)cc1OCC(=O)N1CCNCC1. The number of carbonyl (C=O) groups is 1. The van der Waals surface area contributed by atoms with Crippen LogP contribution in [0.4, 0.5) is 0 Å². The van der Waals surface area contributed by atoms with E-state index in [-0.39, 0.29) is 12.5 Å². The molecule has 0 unspecified atom stereocenters. The molecule has 0 aliphatic carbocycles. The number of nitrogens with zero attached hydrogens (tertiary/aromatic N) is 1. The van der Waals surface area contributed by atoms with Crippen molar-refractivity contribution in [2.75, 3.05) is 32.8 Å². The maximum absolute atomic E-state index is 11.9. The fourth-order valence-electron chi connectivity index (χ4n) is 1.87. The van der Waals surface area contributed by atoms with Crippen molar-refractivity contribution in [3.8, 4) is 5.75 Å². The van der Waals surface area contributed by atoms with Crippen LogP contribution in [0.2, 0.25) is 5.02 Å². The third-order valence-corrected chi connectivity index (χ3v) is 3.21. The third kappa shape index (κ3) is 3.37. The quantitative estimate of drug-likeness (QED) is 0.902. The van der Waals surface area contributed by atoms with Gasteiger partial charge in [-0.3, -0.25) is 4.79 Å². The van der Waals surface area contributed by atoms with Crippen LogP contribution in [-0.2, 0) is 4.79 Å². The molecule has 1 saturated heterocycles. The number of hydrogen-bond donors (Lipinski definition) is 1. The van der Waals surface area contributed by atoms with Gasteiger partial charge in [0, 0.05) is 31.2 Å². The number of hydrogen-bond acceptors (Lipinski definition) is 3. The van der Waals surface area contributed by atoms with Crippen molar-refractivity contribution in [1.82, 2.24) is 10.2 Å². The Bertz CT molecular complexity index is 431. The predicted octanol–water partition coefficient (Wildman–Crippen LogP) is 1.46. The van der Waals surface area contributed by atoms with Crippen molar-refractivity contribution in [2.45, 2.75) is 6.92 Å². The van der Waals surface area contributed by atoms with Crippen molar-refractivity contribution in [1.29, 1.82) is 0 Å². The molecule has 98 valence electrons. The summed E-state index contributed by atoms with van der Waals surface area (Å²) in [6.07, 6.45) is 0. The number of piperazine rings is 1. The number of carbonyl (C=O) groups excluding carboxylic acids is 1. The van der Waals surface area contributed by atoms with E-state index < -0.39 is 0 Å². The number of amides is 1. The molecule has 0 saturated carbocycles. The topological polar surface area (TPSA) is 41.6 Å². The Morgan fingerprint density at radius 2 is 2.17 bits per heavy atom. The monoisotopic (exact) mass is 268 g/mol. The summed E-state index contributed by atoms with van der Waals surface area (Å²) in [7, 11) is 0. The average molecular weight is 269 g/mol. The van der Waals surface area contributed by atoms with E-state index in [1.54, 1.807) is 6.07 Å². The highest BCUT2D eigenvalue weighted by Crippen LogP contribution is 2.22. The standard InChI is InChI=1S/C13H17ClN2O2/c1-10-2-3-11(14)8-12(10)18-9-13(17)16-6-4-15-5-7-16/h2-3,8,15H,4-7,9H2,1H3. The summed E-state index contributed by atoms with van der Waals surface area (Å²) in [6.45, 7) is 5.19. The van der Waals surface area contributed by atoms with E-state index in [9.17, 15) is 4.79 Å². The van der Waals surface area contributed by atoms with E-state index in [1.165, 1.54) is 0 Å². The second kappa shape index (κ2) is 6.07. The van der Waals surface area contributed by atoms with E-state index in [0.29, 0.717) is 10.8 Å². The summed E-state index contributed by atoms with van der Waals surface area (Å²) in [5, 5.41) is 3.82. The highest BCUT2D eigenvalue weighted by molar-refractivity contribution is 6.30. The van der Waals surface area contributed by atoms with Crippen LogP contribution in [0, 0.1) is 6.92 Å². The van der Waals surface area contributed by atoms with Gasteiger partial charge in [0.15, 0.2) is 6.61 Å². The van der Waals surface area contributed by atoms with Gasteiger partial charge < -0.3 is 15.0 Å². The van der Waals surface area contributed by atoms with Crippen LogP contribution in [0.25, 0.3) is 0 Å². The Kier molecular flexibility index (Phi) is 4.44. The van der Waals surface area contributed by atoms with Crippen LogP contribution in [0.3, 0.4) is 0 Å². The highest BCUT2D eigenvalue weighted by atomic mass is 35.5. The first kappa shape index (κ1) is 13.2. The first-order chi connectivity index (χ1) is 8.66. The van der Waals surface area contributed by atoms with Gasteiger partial charge in [-0.05, 0) is 24.6 Å². The van der Waals surface area contributed by atoms with E-state index >= 15 is 0 Å². The lowest BCUT2D eigenvalue weighted by molar-refractivity contribution is -0.133. The number of benzene rings is 1. The Labute approximate surface area is 112 Å². The van der Waals surface area contributed by atoms with E-state index in [2.05, 4.69) is 5.32 Å². The summed E-state index contributed by atoms with van der Waals surface area (Å²) in [5.74, 6) is 0.696. The van der Waals surface area contributed by atoms with Crippen LogP contribution in [0.15, 0.2) is 18.2 Å². The van der Waals surface area contributed by atoms with Crippen molar-refractivity contribution >= 4 is 17.5 Å². The molecule has 1 N–H and O–H groups in total. The van der Waals surface area contributed by atoms with Gasteiger partial charge >= 0.3 is 0 Å². The molecular formula is C13H17ClN2O2. The number of halogens is 1. The lowest BCUT2D eigenvalue weighted by Gasteiger charge is -2.27. The van der Waals surface area contributed by atoms with Gasteiger partial charge in [-0.15, -0.1) is 0 Å². The van der Waals surface area contributed by atoms with Crippen molar-refractivity contribution in [2.24, 2.45) is 0 Å². The molecule has 4 nitrogen and oxygen atoms in total. The molecule has 1 heterocycles. The molecule has 1 fully saturated rings. The zero-order valence-corrected chi connectivity index (χ0v) is 11.2. The summed E-state index contributed by atoms with van der Waals surface area (Å²) >= 11 is 5.90. The highest BCUT2D eigenvalue weighted by Gasteiger charge is 2.16. The summed E-state index contributed by atoms with van der Waals surface area (Å²) < 4.78 is 5.54. The van der Waals surface area contributed by atoms with E-state index in [0.717, 1.165) is 31.7 Å². The minimum Gasteiger partial charge on any atom is -0.483 e. The third-order valence-electron chi connectivity index (χ3n) is 2.97. The summed E-state index contributed by atoms with van der Waals surface area (Å²) in [6, 6.07) is 5.43. The van der Waals surface area contributed by atoms with Gasteiger partial charge in [-0.1, -0.05) is 17.7 Å². The van der Waals surface area contributed by atoms with Crippen LogP contribution >= 0.6 is 11.6 Å². The van der Waals surface area contributed by atoms with Crippen molar-refractivity contribution < 1.29 is 9.53 Å². The lowest BCUT2D eigenvalue weighted by atomic mass is 10.2. The second-order valence-electron chi connectivity index (χ2n) is 4.33. The molecule has 2 rings (SSSR count). The van der Waals surface area contributed by atoms with Crippen LogP contribution in [-0.4, -0.2) is 43.6 Å². The minimum atomic E-state index is 0.0240. The number of aryl methyl sites for hydroxylation is 1. The molecule has 1 amide bonds. The zero-order chi connectivity index (χ0) is 13.0. The Hall–Kier alpha value is -1.26. The van der Waals surface area contributed by atoms with Crippen molar-refractivity contribution in [3.05, 3.63) is 28.8 Å². The van der Waals surface area contributed by atoms with Crippen LogP contribution < -0.4 is 10.1 Å². The van der Waals surface area contributed by atoms with Crippen LogP contribution in [0.5, 0.6) is 5.75 Å². The van der Waals surface area contributed by atoms with Gasteiger partial charge in [0.1, 0.15) is 5.75 Å². The fourth-order valence-corrected chi connectivity index (χ4v) is 2.04. The molecular weight excluding hydrogens is 252 g/mol. The summed E-state index contributed by atoms with van der Waals surface area (Å²) in [4.78, 5) is 13.7.